The van der Waals surface area contributed by atoms with Gasteiger partial charge in [0.1, 0.15) is 5.75 Å². The number of rotatable bonds is 6. The second-order valence-corrected chi connectivity index (χ2v) is 7.33. The van der Waals surface area contributed by atoms with Gasteiger partial charge < -0.3 is 15.4 Å². The Balaban J connectivity index is 1.62. The number of likely N-dealkylation sites (tertiary alicyclic amines) is 1. The van der Waals surface area contributed by atoms with Crippen molar-refractivity contribution in [2.24, 2.45) is 0 Å². The number of ether oxygens (including phenoxy) is 1. The van der Waals surface area contributed by atoms with Crippen LogP contribution in [0.3, 0.4) is 0 Å². The van der Waals surface area contributed by atoms with Crippen LogP contribution >= 0.6 is 23.2 Å². The third-order valence-electron chi connectivity index (χ3n) is 4.58. The van der Waals surface area contributed by atoms with Crippen molar-refractivity contribution < 1.29 is 14.3 Å². The Morgan fingerprint density at radius 2 is 1.93 bits per heavy atom. The molecule has 0 spiro atoms. The SMILES string of the molecule is COc1ccccc1NC(=O)CN1CCC[C@@H]1C(=O)Nc1ccc(Cl)cc1Cl. The molecule has 28 heavy (non-hydrogen) atoms. The van der Waals surface area contributed by atoms with Gasteiger partial charge in [0.2, 0.25) is 11.8 Å². The van der Waals surface area contributed by atoms with Gasteiger partial charge in [0.25, 0.3) is 0 Å². The van der Waals surface area contributed by atoms with E-state index in [0.29, 0.717) is 40.1 Å². The van der Waals surface area contributed by atoms with E-state index in [4.69, 9.17) is 27.9 Å². The molecule has 0 aliphatic carbocycles. The highest BCUT2D eigenvalue weighted by molar-refractivity contribution is 6.36. The van der Waals surface area contributed by atoms with Gasteiger partial charge in [-0.2, -0.15) is 0 Å². The van der Waals surface area contributed by atoms with E-state index < -0.39 is 6.04 Å². The van der Waals surface area contributed by atoms with Crippen molar-refractivity contribution in [1.82, 2.24) is 4.90 Å². The van der Waals surface area contributed by atoms with E-state index in [0.717, 1.165) is 6.42 Å². The first kappa shape index (κ1) is 20.5. The number of nitrogens with zero attached hydrogens (tertiary/aromatic N) is 1. The molecule has 1 fully saturated rings. The number of carbonyl (C=O) groups is 2. The minimum Gasteiger partial charge on any atom is -0.495 e. The molecule has 2 aromatic rings. The summed E-state index contributed by atoms with van der Waals surface area (Å²) in [4.78, 5) is 27.1. The molecule has 0 bridgehead atoms. The van der Waals surface area contributed by atoms with Gasteiger partial charge in [-0.1, -0.05) is 35.3 Å². The summed E-state index contributed by atoms with van der Waals surface area (Å²) in [5.74, 6) is 0.199. The summed E-state index contributed by atoms with van der Waals surface area (Å²) < 4.78 is 5.25. The van der Waals surface area contributed by atoms with Crippen LogP contribution in [0, 0.1) is 0 Å². The third kappa shape index (κ3) is 4.95. The van der Waals surface area contributed by atoms with E-state index in [-0.39, 0.29) is 18.4 Å². The van der Waals surface area contributed by atoms with Gasteiger partial charge in [-0.05, 0) is 49.7 Å². The van der Waals surface area contributed by atoms with Crippen molar-refractivity contribution in [3.63, 3.8) is 0 Å². The van der Waals surface area contributed by atoms with E-state index in [1.807, 2.05) is 17.0 Å². The first-order chi connectivity index (χ1) is 13.5. The zero-order valence-corrected chi connectivity index (χ0v) is 16.9. The summed E-state index contributed by atoms with van der Waals surface area (Å²) in [5.41, 5.74) is 1.10. The fourth-order valence-electron chi connectivity index (χ4n) is 3.24. The molecule has 148 valence electrons. The van der Waals surface area contributed by atoms with Gasteiger partial charge in [-0.15, -0.1) is 0 Å². The van der Waals surface area contributed by atoms with Crippen molar-refractivity contribution in [2.45, 2.75) is 18.9 Å². The minimum atomic E-state index is -0.393. The number of methoxy groups -OCH3 is 1. The Morgan fingerprint density at radius 1 is 1.14 bits per heavy atom. The van der Waals surface area contributed by atoms with Crippen LogP contribution in [-0.2, 0) is 9.59 Å². The van der Waals surface area contributed by atoms with Gasteiger partial charge in [-0.3, -0.25) is 14.5 Å². The number of halogens is 2. The minimum absolute atomic E-state index is 0.116. The normalized spacial score (nSPS) is 16.6. The largest absolute Gasteiger partial charge is 0.495 e. The first-order valence-corrected chi connectivity index (χ1v) is 9.66. The molecule has 0 radical (unpaired) electrons. The second-order valence-electron chi connectivity index (χ2n) is 6.49. The number of hydrogen-bond donors (Lipinski definition) is 2. The van der Waals surface area contributed by atoms with Crippen LogP contribution in [0.1, 0.15) is 12.8 Å². The number of amides is 2. The van der Waals surface area contributed by atoms with Crippen LogP contribution in [0.2, 0.25) is 10.0 Å². The fraction of sp³-hybridized carbons (Fsp3) is 0.300. The number of nitrogens with one attached hydrogen (secondary N) is 2. The lowest BCUT2D eigenvalue weighted by molar-refractivity contribution is -0.122. The maximum Gasteiger partial charge on any atom is 0.241 e. The Bertz CT molecular complexity index is 876. The second kappa shape index (κ2) is 9.28. The lowest BCUT2D eigenvalue weighted by atomic mass is 10.2. The predicted octanol–water partition coefficient (Wildman–Crippen LogP) is 4.04. The summed E-state index contributed by atoms with van der Waals surface area (Å²) in [5, 5.41) is 6.54. The molecule has 2 aromatic carbocycles. The Kier molecular flexibility index (Phi) is 6.78. The lowest BCUT2D eigenvalue weighted by Gasteiger charge is -2.23. The Labute approximate surface area is 173 Å². The van der Waals surface area contributed by atoms with Gasteiger partial charge in [0, 0.05) is 5.02 Å². The van der Waals surface area contributed by atoms with Crippen LogP contribution in [0.4, 0.5) is 11.4 Å². The molecule has 0 unspecified atom stereocenters. The molecule has 8 heteroatoms. The summed E-state index contributed by atoms with van der Waals surface area (Å²) in [6, 6.07) is 11.7. The predicted molar refractivity (Wildman–Crippen MR) is 111 cm³/mol. The molecule has 1 saturated heterocycles. The monoisotopic (exact) mass is 421 g/mol. The summed E-state index contributed by atoms with van der Waals surface area (Å²) in [7, 11) is 1.55. The fourth-order valence-corrected chi connectivity index (χ4v) is 3.70. The number of hydrogen-bond acceptors (Lipinski definition) is 4. The molecular formula is C20H21Cl2N3O3. The van der Waals surface area contributed by atoms with Crippen LogP contribution < -0.4 is 15.4 Å². The first-order valence-electron chi connectivity index (χ1n) is 8.91. The van der Waals surface area contributed by atoms with Crippen molar-refractivity contribution in [2.75, 3.05) is 30.8 Å². The third-order valence-corrected chi connectivity index (χ3v) is 5.13. The number of anilines is 2. The standard InChI is InChI=1S/C20H21Cl2N3O3/c1-28-18-7-3-2-5-16(18)23-19(26)12-25-10-4-6-17(25)20(27)24-15-9-8-13(21)11-14(15)22/h2-3,5,7-9,11,17H,4,6,10,12H2,1H3,(H,23,26)(H,24,27)/t17-/m1/s1. The quantitative estimate of drug-likeness (QED) is 0.737. The van der Waals surface area contributed by atoms with Gasteiger partial charge in [-0.25, -0.2) is 0 Å². The molecule has 2 N–H and O–H groups in total. The smallest absolute Gasteiger partial charge is 0.241 e. The molecule has 1 atom stereocenters. The van der Waals surface area contributed by atoms with Crippen molar-refractivity contribution >= 4 is 46.4 Å². The lowest BCUT2D eigenvalue weighted by Crippen LogP contribution is -2.43. The maximum absolute atomic E-state index is 12.7. The van der Waals surface area contributed by atoms with Gasteiger partial charge in [0.15, 0.2) is 0 Å². The molecule has 0 aromatic heterocycles. The molecule has 1 aliphatic rings. The summed E-state index contributed by atoms with van der Waals surface area (Å²) >= 11 is 12.0. The van der Waals surface area contributed by atoms with Gasteiger partial charge >= 0.3 is 0 Å². The zero-order chi connectivity index (χ0) is 20.1. The van der Waals surface area contributed by atoms with Crippen LogP contribution in [0.15, 0.2) is 42.5 Å². The number of carbonyl (C=O) groups excluding carboxylic acids is 2. The molecule has 3 rings (SSSR count). The van der Waals surface area contributed by atoms with E-state index >= 15 is 0 Å². The van der Waals surface area contributed by atoms with E-state index in [1.165, 1.54) is 0 Å². The topological polar surface area (TPSA) is 70.7 Å². The van der Waals surface area contributed by atoms with Crippen molar-refractivity contribution in [3.05, 3.63) is 52.5 Å². The molecule has 2 amide bonds. The van der Waals surface area contributed by atoms with Crippen molar-refractivity contribution in [1.29, 1.82) is 0 Å². The summed E-state index contributed by atoms with van der Waals surface area (Å²) in [6.07, 6.45) is 1.52. The average Bonchev–Trinajstić information content (AvgIpc) is 3.12. The van der Waals surface area contributed by atoms with Crippen LogP contribution in [0.25, 0.3) is 0 Å². The Morgan fingerprint density at radius 3 is 2.68 bits per heavy atom. The van der Waals surface area contributed by atoms with Gasteiger partial charge in [0.05, 0.1) is 36.1 Å². The Hall–Kier alpha value is -2.28. The van der Waals surface area contributed by atoms with E-state index in [9.17, 15) is 9.59 Å². The number of para-hydroxylation sites is 2. The van der Waals surface area contributed by atoms with E-state index in [2.05, 4.69) is 10.6 Å². The molecule has 1 aliphatic heterocycles. The summed E-state index contributed by atoms with van der Waals surface area (Å²) in [6.45, 7) is 0.788. The highest BCUT2D eigenvalue weighted by Crippen LogP contribution is 2.27. The number of benzene rings is 2. The molecular weight excluding hydrogens is 401 g/mol. The highest BCUT2D eigenvalue weighted by atomic mass is 35.5. The average molecular weight is 422 g/mol. The molecule has 6 nitrogen and oxygen atoms in total. The molecule has 1 heterocycles. The van der Waals surface area contributed by atoms with Crippen LogP contribution in [0.5, 0.6) is 5.75 Å². The zero-order valence-electron chi connectivity index (χ0n) is 15.4. The van der Waals surface area contributed by atoms with Crippen LogP contribution in [-0.4, -0.2) is 43.0 Å². The molecule has 0 saturated carbocycles. The maximum atomic E-state index is 12.7. The highest BCUT2D eigenvalue weighted by Gasteiger charge is 2.32. The van der Waals surface area contributed by atoms with Crippen molar-refractivity contribution in [3.8, 4) is 5.75 Å². The van der Waals surface area contributed by atoms with E-state index in [1.54, 1.807) is 37.4 Å².